The summed E-state index contributed by atoms with van der Waals surface area (Å²) < 4.78 is 10.3. The van der Waals surface area contributed by atoms with Gasteiger partial charge >= 0.3 is 5.97 Å². The Kier molecular flexibility index (Phi) is 4.82. The minimum Gasteiger partial charge on any atom is -0.466 e. The minimum atomic E-state index is -0.242. The van der Waals surface area contributed by atoms with E-state index in [2.05, 4.69) is 18.6 Å². The van der Waals surface area contributed by atoms with Gasteiger partial charge in [0.25, 0.3) is 0 Å². The predicted octanol–water partition coefficient (Wildman–Crippen LogP) is 2.45. The zero-order valence-corrected chi connectivity index (χ0v) is 9.79. The van der Waals surface area contributed by atoms with Crippen LogP contribution in [0.25, 0.3) is 0 Å². The maximum Gasteiger partial charge on any atom is 0.330 e. The van der Waals surface area contributed by atoms with Crippen LogP contribution in [-0.4, -0.2) is 25.3 Å². The average Bonchev–Trinajstić information content (AvgIpc) is 2.20. The zero-order chi connectivity index (χ0) is 11.3. The van der Waals surface area contributed by atoms with Gasteiger partial charge in [0.2, 0.25) is 0 Å². The van der Waals surface area contributed by atoms with E-state index < -0.39 is 0 Å². The van der Waals surface area contributed by atoms with Gasteiger partial charge in [0.05, 0.1) is 19.3 Å². The second-order valence-corrected chi connectivity index (χ2v) is 4.21. The molecule has 3 heteroatoms. The van der Waals surface area contributed by atoms with E-state index in [0.29, 0.717) is 12.2 Å². The predicted molar refractivity (Wildman–Crippen MR) is 58.6 cm³/mol. The summed E-state index contributed by atoms with van der Waals surface area (Å²) in [6.45, 7) is 4.11. The van der Waals surface area contributed by atoms with Crippen molar-refractivity contribution >= 4 is 5.97 Å². The van der Waals surface area contributed by atoms with Crippen LogP contribution in [0.1, 0.15) is 39.5 Å². The number of methoxy groups -OCH3 is 1. The fraction of sp³-hybridized carbons (Fsp3) is 0.750. The number of carbonyl (C=O) groups is 1. The van der Waals surface area contributed by atoms with Gasteiger partial charge in [-0.1, -0.05) is 5.57 Å². The number of rotatable bonds is 3. The normalized spacial score (nSPS) is 21.6. The van der Waals surface area contributed by atoms with Crippen LogP contribution in [0.5, 0.6) is 0 Å². The first-order valence-electron chi connectivity index (χ1n) is 5.54. The van der Waals surface area contributed by atoms with E-state index >= 15 is 0 Å². The summed E-state index contributed by atoms with van der Waals surface area (Å²) in [4.78, 5) is 11.0. The molecule has 3 nitrogen and oxygen atoms in total. The maximum absolute atomic E-state index is 11.0. The molecule has 0 aliphatic heterocycles. The Morgan fingerprint density at radius 3 is 2.47 bits per heavy atom. The Morgan fingerprint density at radius 1 is 1.40 bits per heavy atom. The highest BCUT2D eigenvalue weighted by molar-refractivity contribution is 5.82. The lowest BCUT2D eigenvalue weighted by Gasteiger charge is -2.25. The van der Waals surface area contributed by atoms with Gasteiger partial charge in [-0.2, -0.15) is 0 Å². The van der Waals surface area contributed by atoms with Crippen molar-refractivity contribution in [3.63, 3.8) is 0 Å². The van der Waals surface area contributed by atoms with E-state index in [1.54, 1.807) is 6.08 Å². The number of allylic oxidation sites excluding steroid dienone is 1. The summed E-state index contributed by atoms with van der Waals surface area (Å²) in [6, 6.07) is 0. The molecular weight excluding hydrogens is 192 g/mol. The third-order valence-corrected chi connectivity index (χ3v) is 2.56. The molecule has 0 saturated heterocycles. The molecule has 1 rings (SSSR count). The van der Waals surface area contributed by atoms with Crippen molar-refractivity contribution in [2.75, 3.05) is 7.11 Å². The summed E-state index contributed by atoms with van der Waals surface area (Å²) in [5.41, 5.74) is 1.19. The van der Waals surface area contributed by atoms with Gasteiger partial charge in [-0.05, 0) is 39.5 Å². The average molecular weight is 212 g/mol. The van der Waals surface area contributed by atoms with Crippen molar-refractivity contribution in [3.8, 4) is 0 Å². The smallest absolute Gasteiger partial charge is 0.330 e. The monoisotopic (exact) mass is 212 g/mol. The minimum absolute atomic E-state index is 0.242. The highest BCUT2D eigenvalue weighted by Gasteiger charge is 2.18. The second kappa shape index (κ2) is 5.91. The lowest BCUT2D eigenvalue weighted by atomic mass is 9.92. The van der Waals surface area contributed by atoms with Crippen LogP contribution in [0.3, 0.4) is 0 Å². The van der Waals surface area contributed by atoms with Crippen LogP contribution in [0, 0.1) is 0 Å². The number of ether oxygens (including phenoxy) is 2. The molecule has 0 atom stereocenters. The van der Waals surface area contributed by atoms with Crippen molar-refractivity contribution in [2.24, 2.45) is 0 Å². The second-order valence-electron chi connectivity index (χ2n) is 4.21. The fourth-order valence-electron chi connectivity index (χ4n) is 1.85. The lowest BCUT2D eigenvalue weighted by molar-refractivity contribution is -0.134. The molecule has 0 heterocycles. The Balaban J connectivity index is 2.35. The molecule has 0 unspecified atom stereocenters. The highest BCUT2D eigenvalue weighted by Crippen LogP contribution is 2.26. The number of hydrogen-bond donors (Lipinski definition) is 0. The molecule has 1 aliphatic carbocycles. The molecule has 0 spiro atoms. The number of esters is 1. The summed E-state index contributed by atoms with van der Waals surface area (Å²) in [6.07, 6.45) is 6.20. The topological polar surface area (TPSA) is 35.5 Å². The number of hydrogen-bond acceptors (Lipinski definition) is 3. The van der Waals surface area contributed by atoms with Gasteiger partial charge in [0.15, 0.2) is 0 Å². The first-order chi connectivity index (χ1) is 7.11. The molecule has 1 fully saturated rings. The summed E-state index contributed by atoms with van der Waals surface area (Å²) in [5, 5.41) is 0. The van der Waals surface area contributed by atoms with Crippen LogP contribution in [0.4, 0.5) is 0 Å². The quantitative estimate of drug-likeness (QED) is 0.532. The SMILES string of the molecule is COC(=O)C=C1CCC(OC(C)C)CC1. The van der Waals surface area contributed by atoms with Gasteiger partial charge in [0, 0.05) is 6.08 Å². The molecule has 0 amide bonds. The molecule has 0 radical (unpaired) electrons. The van der Waals surface area contributed by atoms with Crippen molar-refractivity contribution in [1.82, 2.24) is 0 Å². The van der Waals surface area contributed by atoms with Gasteiger partial charge < -0.3 is 9.47 Å². The molecule has 1 aliphatic rings. The zero-order valence-electron chi connectivity index (χ0n) is 9.79. The Morgan fingerprint density at radius 2 is 2.00 bits per heavy atom. The van der Waals surface area contributed by atoms with E-state index in [1.807, 2.05) is 0 Å². The van der Waals surface area contributed by atoms with E-state index in [1.165, 1.54) is 12.7 Å². The van der Waals surface area contributed by atoms with Gasteiger partial charge in [-0.3, -0.25) is 0 Å². The van der Waals surface area contributed by atoms with Gasteiger partial charge in [0.1, 0.15) is 0 Å². The molecule has 0 aromatic carbocycles. The molecule has 86 valence electrons. The molecular formula is C12H20O3. The maximum atomic E-state index is 11.0. The highest BCUT2D eigenvalue weighted by atomic mass is 16.5. The van der Waals surface area contributed by atoms with Crippen molar-refractivity contribution < 1.29 is 14.3 Å². The largest absolute Gasteiger partial charge is 0.466 e. The van der Waals surface area contributed by atoms with E-state index in [4.69, 9.17) is 4.74 Å². The Labute approximate surface area is 91.4 Å². The fourth-order valence-corrected chi connectivity index (χ4v) is 1.85. The van der Waals surface area contributed by atoms with Crippen LogP contribution in [0.2, 0.25) is 0 Å². The van der Waals surface area contributed by atoms with Crippen molar-refractivity contribution in [2.45, 2.75) is 51.7 Å². The van der Waals surface area contributed by atoms with E-state index in [0.717, 1.165) is 25.7 Å². The molecule has 15 heavy (non-hydrogen) atoms. The summed E-state index contributed by atoms with van der Waals surface area (Å²) >= 11 is 0. The third-order valence-electron chi connectivity index (χ3n) is 2.56. The summed E-state index contributed by atoms with van der Waals surface area (Å²) in [7, 11) is 1.41. The van der Waals surface area contributed by atoms with Crippen LogP contribution in [-0.2, 0) is 14.3 Å². The van der Waals surface area contributed by atoms with E-state index in [9.17, 15) is 4.79 Å². The third kappa shape index (κ3) is 4.47. The van der Waals surface area contributed by atoms with E-state index in [-0.39, 0.29) is 5.97 Å². The number of carbonyl (C=O) groups excluding carboxylic acids is 1. The lowest BCUT2D eigenvalue weighted by Crippen LogP contribution is -2.21. The Bertz CT molecular complexity index is 233. The molecule has 0 N–H and O–H groups in total. The first kappa shape index (κ1) is 12.2. The molecule has 0 bridgehead atoms. The Hall–Kier alpha value is -0.830. The standard InChI is InChI=1S/C12H20O3/c1-9(2)15-11-6-4-10(5-7-11)8-12(13)14-3/h8-9,11H,4-7H2,1-3H3. The van der Waals surface area contributed by atoms with Gasteiger partial charge in [-0.25, -0.2) is 4.79 Å². The van der Waals surface area contributed by atoms with Crippen LogP contribution in [0.15, 0.2) is 11.6 Å². The summed E-state index contributed by atoms with van der Waals surface area (Å²) in [5.74, 6) is -0.242. The van der Waals surface area contributed by atoms with Crippen LogP contribution < -0.4 is 0 Å². The van der Waals surface area contributed by atoms with Gasteiger partial charge in [-0.15, -0.1) is 0 Å². The molecule has 0 aromatic heterocycles. The molecule has 0 aromatic rings. The first-order valence-corrected chi connectivity index (χ1v) is 5.54. The van der Waals surface area contributed by atoms with Crippen molar-refractivity contribution in [1.29, 1.82) is 0 Å². The molecule has 1 saturated carbocycles. The van der Waals surface area contributed by atoms with Crippen molar-refractivity contribution in [3.05, 3.63) is 11.6 Å². The van der Waals surface area contributed by atoms with Crippen LogP contribution >= 0.6 is 0 Å².